The minimum Gasteiger partial charge on any atom is -0.492 e. The summed E-state index contributed by atoms with van der Waals surface area (Å²) >= 11 is 0. The lowest BCUT2D eigenvalue weighted by atomic mass is 10.3. The molecule has 0 aliphatic heterocycles. The van der Waals surface area contributed by atoms with E-state index >= 15 is 0 Å². The first-order valence-corrected chi connectivity index (χ1v) is 5.10. The van der Waals surface area contributed by atoms with Crippen molar-refractivity contribution in [3.63, 3.8) is 0 Å². The molecule has 0 bridgehead atoms. The van der Waals surface area contributed by atoms with Gasteiger partial charge in [-0.1, -0.05) is 12.1 Å². The number of benzene rings is 1. The summed E-state index contributed by atoms with van der Waals surface area (Å²) in [6, 6.07) is 6.82. The standard InChI is InChI=1S/C8H9O4S/c1-2-12-7-5-3-4-6-8(7)13(9,10)11/h3-4,6H,2H2,1H3,(H,9,10,11). The van der Waals surface area contributed by atoms with E-state index in [4.69, 9.17) is 9.29 Å². The van der Waals surface area contributed by atoms with Crippen molar-refractivity contribution in [2.75, 3.05) is 6.61 Å². The monoisotopic (exact) mass is 201 g/mol. The van der Waals surface area contributed by atoms with Crippen LogP contribution in [0.25, 0.3) is 0 Å². The van der Waals surface area contributed by atoms with Crippen LogP contribution in [0.3, 0.4) is 0 Å². The van der Waals surface area contributed by atoms with Gasteiger partial charge in [0.2, 0.25) is 0 Å². The number of rotatable bonds is 3. The third-order valence-electron chi connectivity index (χ3n) is 1.35. The number of hydrogen-bond donors (Lipinski definition) is 1. The molecular weight excluding hydrogens is 192 g/mol. The van der Waals surface area contributed by atoms with Crippen LogP contribution in [0, 0.1) is 6.07 Å². The van der Waals surface area contributed by atoms with Crippen LogP contribution in [0.15, 0.2) is 23.1 Å². The Labute approximate surface area is 76.9 Å². The molecule has 0 fully saturated rings. The summed E-state index contributed by atoms with van der Waals surface area (Å²) in [4.78, 5) is -0.253. The lowest BCUT2D eigenvalue weighted by Gasteiger charge is -2.05. The van der Waals surface area contributed by atoms with Crippen molar-refractivity contribution in [2.45, 2.75) is 11.8 Å². The molecule has 1 aromatic rings. The average molecular weight is 201 g/mol. The van der Waals surface area contributed by atoms with Gasteiger partial charge < -0.3 is 4.74 Å². The first-order chi connectivity index (χ1) is 6.05. The molecule has 0 amide bonds. The van der Waals surface area contributed by atoms with Gasteiger partial charge in [0.05, 0.1) is 6.61 Å². The molecule has 1 rings (SSSR count). The Kier molecular flexibility index (Phi) is 2.90. The SMILES string of the molecule is CCOc1[c]cccc1S(=O)(=O)O. The van der Waals surface area contributed by atoms with Crippen LogP contribution < -0.4 is 4.74 Å². The molecule has 0 unspecified atom stereocenters. The van der Waals surface area contributed by atoms with E-state index in [1.54, 1.807) is 6.92 Å². The number of ether oxygens (including phenoxy) is 1. The van der Waals surface area contributed by atoms with Crippen LogP contribution in [0.5, 0.6) is 5.75 Å². The van der Waals surface area contributed by atoms with Crippen molar-refractivity contribution in [1.29, 1.82) is 0 Å². The summed E-state index contributed by atoms with van der Waals surface area (Å²) in [7, 11) is -4.21. The summed E-state index contributed by atoms with van der Waals surface area (Å²) in [5.74, 6) is 0.0486. The third-order valence-corrected chi connectivity index (χ3v) is 2.23. The molecule has 13 heavy (non-hydrogen) atoms. The first kappa shape index (κ1) is 10.0. The van der Waals surface area contributed by atoms with Crippen molar-refractivity contribution >= 4 is 10.1 Å². The Balaban J connectivity index is 3.20. The maximum atomic E-state index is 10.8. The van der Waals surface area contributed by atoms with E-state index in [-0.39, 0.29) is 10.6 Å². The summed E-state index contributed by atoms with van der Waals surface area (Å²) < 4.78 is 35.3. The Morgan fingerprint density at radius 1 is 1.62 bits per heavy atom. The summed E-state index contributed by atoms with van der Waals surface area (Å²) in [6.45, 7) is 2.04. The van der Waals surface area contributed by atoms with E-state index in [9.17, 15) is 8.42 Å². The fraction of sp³-hybridized carbons (Fsp3) is 0.250. The molecule has 0 aliphatic carbocycles. The van der Waals surface area contributed by atoms with Crippen molar-refractivity contribution in [1.82, 2.24) is 0 Å². The highest BCUT2D eigenvalue weighted by Crippen LogP contribution is 2.21. The Hall–Kier alpha value is -1.07. The molecule has 0 saturated heterocycles. The molecule has 1 aromatic carbocycles. The van der Waals surface area contributed by atoms with E-state index in [0.29, 0.717) is 6.61 Å². The zero-order chi connectivity index (χ0) is 9.90. The molecule has 4 nitrogen and oxygen atoms in total. The maximum absolute atomic E-state index is 10.8. The zero-order valence-electron chi connectivity index (χ0n) is 7.02. The lowest BCUT2D eigenvalue weighted by molar-refractivity contribution is 0.328. The minimum absolute atomic E-state index is 0.0486. The predicted molar refractivity (Wildman–Crippen MR) is 46.3 cm³/mol. The van der Waals surface area contributed by atoms with Gasteiger partial charge in [-0.25, -0.2) is 0 Å². The first-order valence-electron chi connectivity index (χ1n) is 3.66. The van der Waals surface area contributed by atoms with Gasteiger partial charge >= 0.3 is 0 Å². The molecule has 1 N–H and O–H groups in total. The van der Waals surface area contributed by atoms with Gasteiger partial charge in [0.15, 0.2) is 0 Å². The van der Waals surface area contributed by atoms with Crippen molar-refractivity contribution in [3.05, 3.63) is 24.3 Å². The highest BCUT2D eigenvalue weighted by atomic mass is 32.2. The molecule has 71 valence electrons. The molecule has 0 aromatic heterocycles. The topological polar surface area (TPSA) is 63.6 Å². The van der Waals surface area contributed by atoms with Crippen LogP contribution in [-0.2, 0) is 10.1 Å². The largest absolute Gasteiger partial charge is 0.492 e. The van der Waals surface area contributed by atoms with Gasteiger partial charge in [0.25, 0.3) is 10.1 Å². The van der Waals surface area contributed by atoms with Crippen molar-refractivity contribution < 1.29 is 17.7 Å². The van der Waals surface area contributed by atoms with Gasteiger partial charge in [-0.3, -0.25) is 4.55 Å². The second kappa shape index (κ2) is 3.76. The highest BCUT2D eigenvalue weighted by Gasteiger charge is 2.15. The van der Waals surface area contributed by atoms with Crippen LogP contribution in [-0.4, -0.2) is 19.6 Å². The maximum Gasteiger partial charge on any atom is 0.298 e. The number of para-hydroxylation sites is 1. The van der Waals surface area contributed by atoms with Crippen LogP contribution in [0.2, 0.25) is 0 Å². The van der Waals surface area contributed by atoms with Crippen molar-refractivity contribution in [2.24, 2.45) is 0 Å². The van der Waals surface area contributed by atoms with E-state index in [0.717, 1.165) is 0 Å². The predicted octanol–water partition coefficient (Wildman–Crippen LogP) is 1.13. The van der Waals surface area contributed by atoms with Crippen molar-refractivity contribution in [3.8, 4) is 5.75 Å². The second-order valence-corrected chi connectivity index (χ2v) is 3.66. The minimum atomic E-state index is -4.21. The van der Waals surface area contributed by atoms with Gasteiger partial charge in [0, 0.05) is 6.07 Å². The Morgan fingerprint density at radius 3 is 2.85 bits per heavy atom. The lowest BCUT2D eigenvalue weighted by Crippen LogP contribution is -2.03. The zero-order valence-corrected chi connectivity index (χ0v) is 7.84. The summed E-state index contributed by atoms with van der Waals surface area (Å²) in [5, 5.41) is 0. The smallest absolute Gasteiger partial charge is 0.298 e. The summed E-state index contributed by atoms with van der Waals surface area (Å²) in [5.41, 5.74) is 0. The molecule has 1 radical (unpaired) electrons. The molecule has 0 saturated carbocycles. The molecule has 0 spiro atoms. The molecule has 0 atom stereocenters. The fourth-order valence-electron chi connectivity index (χ4n) is 0.866. The normalized spacial score (nSPS) is 11.2. The van der Waals surface area contributed by atoms with Crippen LogP contribution in [0.1, 0.15) is 6.92 Å². The van der Waals surface area contributed by atoms with E-state index in [1.807, 2.05) is 0 Å². The average Bonchev–Trinajstić information content (AvgIpc) is 2.04. The third kappa shape index (κ3) is 2.43. The Morgan fingerprint density at radius 2 is 2.31 bits per heavy atom. The van der Waals surface area contributed by atoms with Crippen LogP contribution in [0.4, 0.5) is 0 Å². The second-order valence-electron chi connectivity index (χ2n) is 2.27. The van der Waals surface area contributed by atoms with E-state index in [1.165, 1.54) is 18.2 Å². The quantitative estimate of drug-likeness (QED) is 0.744. The van der Waals surface area contributed by atoms with E-state index < -0.39 is 10.1 Å². The highest BCUT2D eigenvalue weighted by molar-refractivity contribution is 7.86. The van der Waals surface area contributed by atoms with E-state index in [2.05, 4.69) is 6.07 Å². The molecule has 0 aliphatic rings. The number of hydrogen-bond acceptors (Lipinski definition) is 3. The van der Waals surface area contributed by atoms with Gasteiger partial charge in [-0.05, 0) is 13.0 Å². The van der Waals surface area contributed by atoms with Gasteiger partial charge in [-0.2, -0.15) is 8.42 Å². The molecule has 0 heterocycles. The van der Waals surface area contributed by atoms with Gasteiger partial charge in [0.1, 0.15) is 10.6 Å². The Bertz CT molecular complexity index is 383. The molecular formula is C8H9O4S. The van der Waals surface area contributed by atoms with Crippen LogP contribution >= 0.6 is 0 Å². The molecule has 5 heteroatoms. The van der Waals surface area contributed by atoms with Gasteiger partial charge in [-0.15, -0.1) is 0 Å². The fourth-order valence-corrected chi connectivity index (χ4v) is 1.47. The summed E-state index contributed by atoms with van der Waals surface area (Å²) in [6.07, 6.45) is 0.